The number of para-hydroxylation sites is 1. The molecule has 2 aromatic heterocycles. The molecule has 6 N–H and O–H groups in total. The van der Waals surface area contributed by atoms with Gasteiger partial charge in [0.25, 0.3) is 6.85 Å². The molecule has 4 atom stereocenters. The highest BCUT2D eigenvalue weighted by Crippen LogP contribution is 2.37. The number of hydrogen-bond acceptors (Lipinski definition) is 8. The number of amides is 2. The number of anilines is 1. The maximum atomic E-state index is 14.0. The Kier molecular flexibility index (Phi) is 6.62. The first-order valence-electron chi connectivity index (χ1n) is 14.5. The summed E-state index contributed by atoms with van der Waals surface area (Å²) in [6.07, 6.45) is 4.04. The highest BCUT2D eigenvalue weighted by atomic mass is 32.1. The zero-order chi connectivity index (χ0) is 29.0. The van der Waals surface area contributed by atoms with Gasteiger partial charge in [0, 0.05) is 5.69 Å². The van der Waals surface area contributed by atoms with Crippen LogP contribution in [0.5, 0.6) is 0 Å². The van der Waals surface area contributed by atoms with E-state index in [1.807, 2.05) is 54.6 Å². The SMILES string of the molecule is Nc1nc2c([nH]1)C[C@@H](C(NC(=O)[C@@H]1CCB3CC[C@@](N)(Cc4ccccc4)C(=O)N31)C(=O)c1nc3ccccc3s1)C2. The zero-order valence-electron chi connectivity index (χ0n) is 23.1. The molecular weight excluding hydrogens is 549 g/mol. The molecule has 214 valence electrons. The van der Waals surface area contributed by atoms with Crippen molar-refractivity contribution >= 4 is 51.9 Å². The highest BCUT2D eigenvalue weighted by Gasteiger charge is 2.53. The summed E-state index contributed by atoms with van der Waals surface area (Å²) in [5, 5.41) is 3.44. The molecule has 0 saturated carbocycles. The van der Waals surface area contributed by atoms with Gasteiger partial charge in [-0.2, -0.15) is 0 Å². The number of aromatic amines is 1. The van der Waals surface area contributed by atoms with E-state index in [9.17, 15) is 14.4 Å². The molecule has 2 aliphatic heterocycles. The Morgan fingerprint density at radius 3 is 2.69 bits per heavy atom. The molecule has 7 rings (SSSR count). The van der Waals surface area contributed by atoms with Gasteiger partial charge in [0.05, 0.1) is 33.5 Å². The van der Waals surface area contributed by atoms with Crippen LogP contribution in [-0.2, 0) is 28.9 Å². The number of H-pyrrole nitrogens is 1. The Bertz CT molecular complexity index is 1630. The number of nitrogens with zero attached hydrogens (tertiary/aromatic N) is 3. The Morgan fingerprint density at radius 1 is 1.12 bits per heavy atom. The van der Waals surface area contributed by atoms with E-state index in [4.69, 9.17) is 11.5 Å². The minimum Gasteiger partial charge on any atom is -0.374 e. The molecule has 1 unspecified atom stereocenters. The van der Waals surface area contributed by atoms with Gasteiger partial charge in [-0.25, -0.2) is 9.97 Å². The molecule has 4 heterocycles. The summed E-state index contributed by atoms with van der Waals surface area (Å²) in [5.41, 5.74) is 15.0. The summed E-state index contributed by atoms with van der Waals surface area (Å²) in [7, 11) is 0. The molecule has 4 aromatic rings. The van der Waals surface area contributed by atoms with Gasteiger partial charge in [0.15, 0.2) is 11.0 Å². The van der Waals surface area contributed by atoms with Crippen molar-refractivity contribution in [3.05, 3.63) is 76.6 Å². The minimum atomic E-state index is -1.07. The van der Waals surface area contributed by atoms with Crippen LogP contribution in [0, 0.1) is 5.92 Å². The van der Waals surface area contributed by atoms with E-state index in [0.29, 0.717) is 43.1 Å². The summed E-state index contributed by atoms with van der Waals surface area (Å²) >= 11 is 1.32. The maximum absolute atomic E-state index is 14.0. The fraction of sp³-hybridized carbons (Fsp3) is 0.367. The van der Waals surface area contributed by atoms with Crippen LogP contribution in [0.15, 0.2) is 54.6 Å². The number of nitrogen functional groups attached to an aromatic ring is 1. The van der Waals surface area contributed by atoms with Crippen LogP contribution in [-0.4, -0.2) is 61.8 Å². The molecular formula is C30H32BN7O3S. The average Bonchev–Trinajstić information content (AvgIpc) is 3.76. The number of thiazole rings is 1. The van der Waals surface area contributed by atoms with E-state index in [2.05, 4.69) is 20.3 Å². The van der Waals surface area contributed by atoms with Gasteiger partial charge in [-0.3, -0.25) is 14.4 Å². The second kappa shape index (κ2) is 10.4. The van der Waals surface area contributed by atoms with E-state index in [1.54, 1.807) is 4.81 Å². The van der Waals surface area contributed by atoms with Crippen molar-refractivity contribution < 1.29 is 14.4 Å². The number of nitrogens with one attached hydrogen (secondary N) is 2. The maximum Gasteiger partial charge on any atom is 0.259 e. The number of fused-ring (bicyclic) bond motifs is 3. The number of Topliss-reactive ketones (excluding diaryl/α,β-unsaturated/α-hetero) is 1. The first kappa shape index (κ1) is 26.8. The molecule has 42 heavy (non-hydrogen) atoms. The van der Waals surface area contributed by atoms with Crippen molar-refractivity contribution in [2.45, 2.75) is 62.4 Å². The van der Waals surface area contributed by atoms with E-state index in [-0.39, 0.29) is 30.4 Å². The van der Waals surface area contributed by atoms with E-state index in [0.717, 1.165) is 39.8 Å². The van der Waals surface area contributed by atoms with Crippen molar-refractivity contribution in [2.75, 3.05) is 5.73 Å². The molecule has 2 amide bonds. The zero-order valence-corrected chi connectivity index (χ0v) is 23.9. The van der Waals surface area contributed by atoms with Crippen molar-refractivity contribution in [2.24, 2.45) is 11.7 Å². The van der Waals surface area contributed by atoms with Gasteiger partial charge in [0.2, 0.25) is 17.6 Å². The van der Waals surface area contributed by atoms with Crippen molar-refractivity contribution in [3.63, 3.8) is 0 Å². The third kappa shape index (κ3) is 4.68. The Balaban J connectivity index is 1.15. The molecule has 3 aliphatic rings. The number of carbonyl (C=O) groups is 3. The summed E-state index contributed by atoms with van der Waals surface area (Å²) in [5.74, 6) is -0.617. The number of benzene rings is 2. The highest BCUT2D eigenvalue weighted by molar-refractivity contribution is 7.20. The van der Waals surface area contributed by atoms with Crippen LogP contribution in [0.25, 0.3) is 10.2 Å². The smallest absolute Gasteiger partial charge is 0.259 e. The van der Waals surface area contributed by atoms with Gasteiger partial charge in [-0.1, -0.05) is 55.1 Å². The third-order valence-corrected chi connectivity index (χ3v) is 10.2. The topological polar surface area (TPSA) is 160 Å². The number of nitrogens with two attached hydrogens (primary N) is 2. The fourth-order valence-corrected chi connectivity index (χ4v) is 7.97. The lowest BCUT2D eigenvalue weighted by atomic mass is 9.51. The van der Waals surface area contributed by atoms with Crippen LogP contribution in [0.4, 0.5) is 5.95 Å². The number of aromatic nitrogens is 3. The van der Waals surface area contributed by atoms with Crippen molar-refractivity contribution in [1.29, 1.82) is 0 Å². The largest absolute Gasteiger partial charge is 0.374 e. The molecule has 0 bridgehead atoms. The first-order chi connectivity index (χ1) is 20.3. The summed E-state index contributed by atoms with van der Waals surface area (Å²) in [6.45, 7) is -0.0300. The number of imidazole rings is 1. The number of ketones is 1. The number of carbonyl (C=O) groups excluding carboxylic acids is 3. The van der Waals surface area contributed by atoms with Gasteiger partial charge >= 0.3 is 0 Å². The predicted molar refractivity (Wildman–Crippen MR) is 162 cm³/mol. The van der Waals surface area contributed by atoms with E-state index < -0.39 is 17.6 Å². The van der Waals surface area contributed by atoms with Crippen molar-refractivity contribution in [1.82, 2.24) is 25.1 Å². The first-order valence-corrected chi connectivity index (χ1v) is 15.3. The van der Waals surface area contributed by atoms with Gasteiger partial charge < -0.3 is 26.6 Å². The Labute approximate surface area is 247 Å². The average molecular weight is 582 g/mol. The molecule has 12 heteroatoms. The van der Waals surface area contributed by atoms with Crippen LogP contribution in [0.2, 0.25) is 12.6 Å². The molecule has 0 radical (unpaired) electrons. The monoisotopic (exact) mass is 581 g/mol. The molecule has 2 fully saturated rings. The lowest BCUT2D eigenvalue weighted by Gasteiger charge is -2.42. The number of hydrogen-bond donors (Lipinski definition) is 4. The summed E-state index contributed by atoms with van der Waals surface area (Å²) < 4.78 is 0.909. The normalized spacial score (nSPS) is 22.8. The predicted octanol–water partition coefficient (Wildman–Crippen LogP) is 2.62. The lowest BCUT2D eigenvalue weighted by Crippen LogP contribution is -2.66. The van der Waals surface area contributed by atoms with Crippen molar-refractivity contribution in [3.8, 4) is 0 Å². The molecule has 0 spiro atoms. The van der Waals surface area contributed by atoms with Crippen LogP contribution in [0.3, 0.4) is 0 Å². The third-order valence-electron chi connectivity index (χ3n) is 9.11. The minimum absolute atomic E-state index is 0.0300. The molecule has 2 aromatic carbocycles. The van der Waals surface area contributed by atoms with Gasteiger partial charge in [-0.15, -0.1) is 11.3 Å². The second-order valence-electron chi connectivity index (χ2n) is 11.9. The van der Waals surface area contributed by atoms with Crippen LogP contribution >= 0.6 is 11.3 Å². The standard InChI is InChI=1S/C30H32BN7O3S/c32-29-35-20-14-18(15-21(20)36-29)24(25(39)27-34-19-8-4-5-9-23(19)42-27)37-26(40)22-10-12-31-13-11-30(33,28(41)38(22)31)16-17-6-2-1-3-7-17/h1-9,18,22,24H,10-16,33H2,(H,37,40)(H3,32,35,36)/t22-,24?,30+/m0/s1. The van der Waals surface area contributed by atoms with E-state index in [1.165, 1.54) is 11.3 Å². The number of rotatable bonds is 7. The lowest BCUT2D eigenvalue weighted by molar-refractivity contribution is -0.140. The Hall–Kier alpha value is -4.03. The second-order valence-corrected chi connectivity index (χ2v) is 12.9. The van der Waals surface area contributed by atoms with Gasteiger partial charge in [-0.05, 0) is 55.7 Å². The summed E-state index contributed by atoms with van der Waals surface area (Å²) in [6, 6.07) is 15.8. The fourth-order valence-electron chi connectivity index (χ4n) is 7.02. The molecule has 10 nitrogen and oxygen atoms in total. The van der Waals surface area contributed by atoms with Gasteiger partial charge in [0.1, 0.15) is 0 Å². The Morgan fingerprint density at radius 2 is 1.90 bits per heavy atom. The van der Waals surface area contributed by atoms with Crippen LogP contribution < -0.4 is 16.8 Å². The molecule has 1 aliphatic carbocycles. The quantitative estimate of drug-likeness (QED) is 0.193. The molecule has 2 saturated heterocycles. The summed E-state index contributed by atoms with van der Waals surface area (Å²) in [4.78, 5) is 55.7. The van der Waals surface area contributed by atoms with E-state index >= 15 is 0 Å². The van der Waals surface area contributed by atoms with Crippen LogP contribution in [0.1, 0.15) is 39.6 Å².